The van der Waals surface area contributed by atoms with Crippen molar-refractivity contribution in [1.29, 1.82) is 0 Å². The average Bonchev–Trinajstić information content (AvgIpc) is 2.87. The minimum atomic E-state index is -0.783. The largest absolute Gasteiger partial charge is 0.393 e. The van der Waals surface area contributed by atoms with Gasteiger partial charge in [-0.25, -0.2) is 0 Å². The molecule has 3 N–H and O–H groups in total. The minimum Gasteiger partial charge on any atom is -0.393 e. The molecule has 8 atom stereocenters. The van der Waals surface area contributed by atoms with Crippen molar-refractivity contribution in [3.05, 3.63) is 11.6 Å². The van der Waals surface area contributed by atoms with Crippen LogP contribution in [0.5, 0.6) is 0 Å². The van der Waals surface area contributed by atoms with Gasteiger partial charge in [-0.2, -0.15) is 0 Å². The third-order valence-corrected chi connectivity index (χ3v) is 8.18. The van der Waals surface area contributed by atoms with Crippen LogP contribution in [0.3, 0.4) is 0 Å². The highest BCUT2D eigenvalue weighted by Crippen LogP contribution is 2.64. The van der Waals surface area contributed by atoms with Crippen LogP contribution >= 0.6 is 0 Å². The second kappa shape index (κ2) is 6.98. The number of aliphatic hydroxyl groups excluding tert-OH is 2. The molecule has 0 amide bonds. The van der Waals surface area contributed by atoms with Crippen molar-refractivity contribution in [3.63, 3.8) is 0 Å². The standard InChI is InChI=1S/C22H38O3/c1-5-7-17(23)12-15-10-11-22(25)19-9-8-16(6-2)21(19,4)13-18(24)20(22)14(15)3/h10,14,16-20,23-25H,5-9,11-13H2,1-4H3/t14-,16+,17+,18+,19-,20+,21-,22-/m1/s1. The monoisotopic (exact) mass is 350 g/mol. The maximum absolute atomic E-state index is 11.8. The van der Waals surface area contributed by atoms with E-state index in [2.05, 4.69) is 33.8 Å². The fourth-order valence-electron chi connectivity index (χ4n) is 6.99. The zero-order valence-electron chi connectivity index (χ0n) is 16.5. The molecular formula is C22H38O3. The van der Waals surface area contributed by atoms with E-state index in [1.165, 1.54) is 12.0 Å². The van der Waals surface area contributed by atoms with Gasteiger partial charge < -0.3 is 15.3 Å². The lowest BCUT2D eigenvalue weighted by atomic mass is 9.49. The van der Waals surface area contributed by atoms with Crippen molar-refractivity contribution in [1.82, 2.24) is 0 Å². The molecule has 25 heavy (non-hydrogen) atoms. The van der Waals surface area contributed by atoms with E-state index in [1.54, 1.807) is 0 Å². The third kappa shape index (κ3) is 3.00. The Bertz CT molecular complexity index is 515. The van der Waals surface area contributed by atoms with Crippen molar-refractivity contribution in [2.45, 2.75) is 96.9 Å². The molecule has 0 bridgehead atoms. The van der Waals surface area contributed by atoms with Gasteiger partial charge in [0.25, 0.3) is 0 Å². The summed E-state index contributed by atoms with van der Waals surface area (Å²) < 4.78 is 0. The van der Waals surface area contributed by atoms with Crippen molar-refractivity contribution in [2.75, 3.05) is 0 Å². The van der Waals surface area contributed by atoms with Gasteiger partial charge in [-0.15, -0.1) is 0 Å². The second-order valence-electron chi connectivity index (χ2n) is 9.45. The van der Waals surface area contributed by atoms with E-state index in [0.717, 1.165) is 32.1 Å². The van der Waals surface area contributed by atoms with E-state index in [9.17, 15) is 15.3 Å². The molecule has 0 heterocycles. The molecule has 144 valence electrons. The Hall–Kier alpha value is -0.380. The maximum Gasteiger partial charge on any atom is 0.0773 e. The fraction of sp³-hybridized carbons (Fsp3) is 0.909. The first-order valence-corrected chi connectivity index (χ1v) is 10.5. The molecule has 0 aromatic heterocycles. The Balaban J connectivity index is 1.88. The van der Waals surface area contributed by atoms with Crippen LogP contribution in [0.15, 0.2) is 11.6 Å². The van der Waals surface area contributed by atoms with Crippen LogP contribution in [-0.4, -0.2) is 33.1 Å². The van der Waals surface area contributed by atoms with E-state index < -0.39 is 11.7 Å². The molecule has 0 aliphatic heterocycles. The van der Waals surface area contributed by atoms with Gasteiger partial charge in [0, 0.05) is 5.92 Å². The van der Waals surface area contributed by atoms with E-state index in [-0.39, 0.29) is 23.4 Å². The summed E-state index contributed by atoms with van der Waals surface area (Å²) in [6.45, 7) is 8.80. The highest BCUT2D eigenvalue weighted by atomic mass is 16.3. The molecule has 2 fully saturated rings. The summed E-state index contributed by atoms with van der Waals surface area (Å²) in [6.07, 6.45) is 8.81. The average molecular weight is 351 g/mol. The van der Waals surface area contributed by atoms with Crippen molar-refractivity contribution in [2.24, 2.45) is 29.1 Å². The van der Waals surface area contributed by atoms with E-state index in [0.29, 0.717) is 24.7 Å². The van der Waals surface area contributed by atoms with E-state index >= 15 is 0 Å². The summed E-state index contributed by atoms with van der Waals surface area (Å²) in [5.74, 6) is 0.962. The van der Waals surface area contributed by atoms with Gasteiger partial charge in [-0.3, -0.25) is 0 Å². The van der Waals surface area contributed by atoms with E-state index in [1.807, 2.05) is 0 Å². The molecule has 3 aliphatic rings. The normalized spacial score (nSPS) is 47.8. The summed E-state index contributed by atoms with van der Waals surface area (Å²) in [5, 5.41) is 33.1. The number of fused-ring (bicyclic) bond motifs is 3. The van der Waals surface area contributed by atoms with Gasteiger partial charge in [0.1, 0.15) is 0 Å². The molecular weight excluding hydrogens is 312 g/mol. The predicted octanol–water partition coefficient (Wildman–Crippen LogP) is 4.06. The lowest BCUT2D eigenvalue weighted by molar-refractivity contribution is -0.199. The molecule has 3 heteroatoms. The third-order valence-electron chi connectivity index (χ3n) is 8.18. The van der Waals surface area contributed by atoms with E-state index in [4.69, 9.17) is 0 Å². The molecule has 0 spiro atoms. The molecule has 3 nitrogen and oxygen atoms in total. The Labute approximate surface area is 153 Å². The Morgan fingerprint density at radius 1 is 1.28 bits per heavy atom. The van der Waals surface area contributed by atoms with Crippen LogP contribution in [0.4, 0.5) is 0 Å². The highest BCUT2D eigenvalue weighted by Gasteiger charge is 2.64. The molecule has 0 aromatic carbocycles. The van der Waals surface area contributed by atoms with Crippen molar-refractivity contribution < 1.29 is 15.3 Å². The highest BCUT2D eigenvalue weighted by molar-refractivity contribution is 5.24. The molecule has 0 saturated heterocycles. The summed E-state index contributed by atoms with van der Waals surface area (Å²) in [5.41, 5.74) is 0.518. The summed E-state index contributed by atoms with van der Waals surface area (Å²) in [4.78, 5) is 0. The minimum absolute atomic E-state index is 0.0617. The SMILES string of the molecule is CCC[C@H](O)CC1=CC[C@]2(O)[C@@H]([C@@H]1C)[C@@H](O)C[C@]1(C)[C@@H](CC)CC[C@H]12. The van der Waals surface area contributed by atoms with Gasteiger partial charge in [0.2, 0.25) is 0 Å². The topological polar surface area (TPSA) is 60.7 Å². The van der Waals surface area contributed by atoms with Crippen LogP contribution in [0, 0.1) is 29.1 Å². The first kappa shape index (κ1) is 19.4. The van der Waals surface area contributed by atoms with Gasteiger partial charge in [-0.05, 0) is 61.7 Å². The van der Waals surface area contributed by atoms with Crippen LogP contribution in [-0.2, 0) is 0 Å². The molecule has 0 aromatic rings. The van der Waals surface area contributed by atoms with Crippen molar-refractivity contribution >= 4 is 0 Å². The Morgan fingerprint density at radius 2 is 2.00 bits per heavy atom. The summed E-state index contributed by atoms with van der Waals surface area (Å²) >= 11 is 0. The lowest BCUT2D eigenvalue weighted by Gasteiger charge is -2.59. The number of hydrogen-bond acceptors (Lipinski definition) is 3. The van der Waals surface area contributed by atoms with Crippen LogP contribution in [0.1, 0.15) is 79.1 Å². The first-order chi connectivity index (χ1) is 11.8. The molecule has 0 unspecified atom stereocenters. The number of aliphatic hydroxyl groups is 3. The smallest absolute Gasteiger partial charge is 0.0773 e. The Morgan fingerprint density at radius 3 is 2.64 bits per heavy atom. The van der Waals surface area contributed by atoms with Gasteiger partial charge in [0.15, 0.2) is 0 Å². The van der Waals surface area contributed by atoms with Gasteiger partial charge >= 0.3 is 0 Å². The maximum atomic E-state index is 11.8. The summed E-state index contributed by atoms with van der Waals surface area (Å²) in [7, 11) is 0. The predicted molar refractivity (Wildman–Crippen MR) is 101 cm³/mol. The molecule has 3 rings (SSSR count). The van der Waals surface area contributed by atoms with Gasteiger partial charge in [0.05, 0.1) is 17.8 Å². The Kier molecular flexibility index (Phi) is 5.41. The van der Waals surface area contributed by atoms with Crippen LogP contribution in [0.25, 0.3) is 0 Å². The fourth-order valence-corrected chi connectivity index (χ4v) is 6.99. The lowest BCUT2D eigenvalue weighted by Crippen LogP contribution is -2.62. The molecule has 0 radical (unpaired) electrons. The van der Waals surface area contributed by atoms with Gasteiger partial charge in [-0.1, -0.05) is 52.2 Å². The van der Waals surface area contributed by atoms with Crippen LogP contribution in [0.2, 0.25) is 0 Å². The zero-order chi connectivity index (χ0) is 18.4. The first-order valence-electron chi connectivity index (χ1n) is 10.5. The number of hydrogen-bond donors (Lipinski definition) is 3. The second-order valence-corrected chi connectivity index (χ2v) is 9.45. The quantitative estimate of drug-likeness (QED) is 0.655. The number of rotatable bonds is 5. The molecule has 3 aliphatic carbocycles. The van der Waals surface area contributed by atoms with Crippen molar-refractivity contribution in [3.8, 4) is 0 Å². The zero-order valence-corrected chi connectivity index (χ0v) is 16.5. The molecule has 2 saturated carbocycles. The van der Waals surface area contributed by atoms with Crippen LogP contribution < -0.4 is 0 Å². The summed E-state index contributed by atoms with van der Waals surface area (Å²) in [6, 6.07) is 0.